The van der Waals surface area contributed by atoms with E-state index in [1.54, 1.807) is 0 Å². The Morgan fingerprint density at radius 3 is 2.09 bits per heavy atom. The molecule has 0 aromatic rings. The molecule has 0 aromatic carbocycles. The average molecular weight is 182 g/mol. The molecule has 11 heavy (non-hydrogen) atoms. The maximum absolute atomic E-state index is 9.89. The Morgan fingerprint density at radius 2 is 1.73 bits per heavy atom. The molecule has 0 bridgehead atoms. The molecule has 0 saturated carbocycles. The molecule has 56 valence electrons. The Hall–Kier alpha value is 0.130. The van der Waals surface area contributed by atoms with Crippen LogP contribution in [0.4, 0.5) is 0 Å². The van der Waals surface area contributed by atoms with Gasteiger partial charge < -0.3 is 4.55 Å². The Labute approximate surface area is 88.5 Å². The molecule has 0 aliphatic heterocycles. The van der Waals surface area contributed by atoms with Crippen LogP contribution in [0.5, 0.6) is 0 Å². The zero-order chi connectivity index (χ0) is 8.04. The standard InChI is InChI=1S/C6H8O3S.Na/c1-2-3-4-5-6-10(7,8)9;/h2-6H,1H2,(H,7,8,9);/q;+1/p-1. The smallest absolute Gasteiger partial charge is 0.744 e. The van der Waals surface area contributed by atoms with E-state index in [2.05, 4.69) is 6.58 Å². The van der Waals surface area contributed by atoms with E-state index in [0.29, 0.717) is 5.41 Å². The molecule has 0 saturated heterocycles. The van der Waals surface area contributed by atoms with Gasteiger partial charge in [-0.2, -0.15) is 0 Å². The first-order valence-corrected chi connectivity index (χ1v) is 3.95. The topological polar surface area (TPSA) is 57.2 Å². The van der Waals surface area contributed by atoms with Crippen molar-refractivity contribution in [1.29, 1.82) is 0 Å². The van der Waals surface area contributed by atoms with Crippen molar-refractivity contribution in [3.8, 4) is 0 Å². The van der Waals surface area contributed by atoms with E-state index in [1.165, 1.54) is 18.2 Å². The number of hydrogen-bond donors (Lipinski definition) is 0. The monoisotopic (exact) mass is 182 g/mol. The van der Waals surface area contributed by atoms with Gasteiger partial charge in [0.05, 0.1) is 0 Å². The summed E-state index contributed by atoms with van der Waals surface area (Å²) in [6.07, 6.45) is 5.54. The van der Waals surface area contributed by atoms with Crippen molar-refractivity contribution >= 4 is 10.1 Å². The van der Waals surface area contributed by atoms with E-state index < -0.39 is 10.1 Å². The van der Waals surface area contributed by atoms with E-state index in [9.17, 15) is 13.0 Å². The first-order valence-electron chi connectivity index (χ1n) is 2.48. The van der Waals surface area contributed by atoms with E-state index in [1.807, 2.05) is 0 Å². The van der Waals surface area contributed by atoms with Crippen LogP contribution in [0.1, 0.15) is 0 Å². The number of hydrogen-bond acceptors (Lipinski definition) is 3. The molecule has 0 spiro atoms. The molecule has 0 N–H and O–H groups in total. The second-order valence-corrected chi connectivity index (χ2v) is 2.70. The molecular weight excluding hydrogens is 175 g/mol. The number of rotatable bonds is 3. The third-order valence-corrected chi connectivity index (χ3v) is 1.09. The molecule has 0 aromatic heterocycles. The average Bonchev–Trinajstić information content (AvgIpc) is 1.78. The van der Waals surface area contributed by atoms with Crippen LogP contribution in [-0.2, 0) is 10.1 Å². The second kappa shape index (κ2) is 6.82. The van der Waals surface area contributed by atoms with Crippen molar-refractivity contribution in [2.75, 3.05) is 0 Å². The Bertz CT molecular complexity index is 251. The second-order valence-electron chi connectivity index (χ2n) is 1.44. The minimum atomic E-state index is -4.22. The molecule has 0 heterocycles. The van der Waals surface area contributed by atoms with Gasteiger partial charge in [0.2, 0.25) is 0 Å². The quantitative estimate of drug-likeness (QED) is 0.282. The van der Waals surface area contributed by atoms with E-state index in [-0.39, 0.29) is 29.6 Å². The first-order chi connectivity index (χ1) is 4.56. The molecule has 0 atom stereocenters. The third kappa shape index (κ3) is 13.2. The van der Waals surface area contributed by atoms with Gasteiger partial charge in [0.15, 0.2) is 0 Å². The van der Waals surface area contributed by atoms with Gasteiger partial charge in [-0.25, -0.2) is 8.42 Å². The minimum absolute atomic E-state index is 0. The fraction of sp³-hybridized carbons (Fsp3) is 0. The molecular formula is C6H7NaO3S. The zero-order valence-electron chi connectivity index (χ0n) is 6.23. The minimum Gasteiger partial charge on any atom is -0.744 e. The first kappa shape index (κ1) is 13.7. The third-order valence-electron chi connectivity index (χ3n) is 0.604. The molecule has 3 nitrogen and oxygen atoms in total. The zero-order valence-corrected chi connectivity index (χ0v) is 9.04. The van der Waals surface area contributed by atoms with Gasteiger partial charge in [0.25, 0.3) is 0 Å². The Kier molecular flexibility index (Phi) is 8.49. The number of allylic oxidation sites excluding steroid dienone is 4. The summed E-state index contributed by atoms with van der Waals surface area (Å²) in [6, 6.07) is 0. The van der Waals surface area contributed by atoms with Crippen molar-refractivity contribution in [2.24, 2.45) is 0 Å². The Balaban J connectivity index is 0. The molecule has 0 fully saturated rings. The van der Waals surface area contributed by atoms with Crippen LogP contribution in [0.15, 0.2) is 36.3 Å². The van der Waals surface area contributed by atoms with Gasteiger partial charge in [-0.3, -0.25) is 0 Å². The fourth-order valence-corrected chi connectivity index (χ4v) is 0.567. The summed E-state index contributed by atoms with van der Waals surface area (Å²) >= 11 is 0. The summed E-state index contributed by atoms with van der Waals surface area (Å²) in [7, 11) is -4.22. The molecule has 0 aliphatic rings. The van der Waals surface area contributed by atoms with Crippen LogP contribution in [0.2, 0.25) is 0 Å². The molecule has 0 aliphatic carbocycles. The van der Waals surface area contributed by atoms with Gasteiger partial charge in [0, 0.05) is 5.41 Å². The van der Waals surface area contributed by atoms with Crippen LogP contribution in [0.25, 0.3) is 0 Å². The Morgan fingerprint density at radius 1 is 1.18 bits per heavy atom. The maximum atomic E-state index is 9.89. The molecule has 0 unspecified atom stereocenters. The van der Waals surface area contributed by atoms with E-state index in [4.69, 9.17) is 0 Å². The summed E-state index contributed by atoms with van der Waals surface area (Å²) in [5.41, 5.74) is 0. The molecule has 0 amide bonds. The van der Waals surface area contributed by atoms with Gasteiger partial charge in [-0.05, 0) is 0 Å². The molecule has 0 radical (unpaired) electrons. The van der Waals surface area contributed by atoms with Crippen molar-refractivity contribution in [1.82, 2.24) is 0 Å². The van der Waals surface area contributed by atoms with Crippen LogP contribution in [0.3, 0.4) is 0 Å². The predicted octanol–water partition coefficient (Wildman–Crippen LogP) is -2.21. The summed E-state index contributed by atoms with van der Waals surface area (Å²) in [6.45, 7) is 3.35. The molecule has 5 heteroatoms. The summed E-state index contributed by atoms with van der Waals surface area (Å²) in [5.74, 6) is 0. The van der Waals surface area contributed by atoms with Crippen molar-refractivity contribution < 1.29 is 42.5 Å². The summed E-state index contributed by atoms with van der Waals surface area (Å²) in [5, 5.41) is 0.576. The predicted molar refractivity (Wildman–Crippen MR) is 38.2 cm³/mol. The van der Waals surface area contributed by atoms with Crippen LogP contribution < -0.4 is 29.6 Å². The van der Waals surface area contributed by atoms with Gasteiger partial charge in [-0.15, -0.1) is 0 Å². The van der Waals surface area contributed by atoms with Crippen LogP contribution in [0, 0.1) is 0 Å². The van der Waals surface area contributed by atoms with Crippen molar-refractivity contribution in [3.05, 3.63) is 36.3 Å². The van der Waals surface area contributed by atoms with Crippen molar-refractivity contribution in [2.45, 2.75) is 0 Å². The van der Waals surface area contributed by atoms with Crippen LogP contribution >= 0.6 is 0 Å². The molecule has 0 rings (SSSR count). The van der Waals surface area contributed by atoms with E-state index >= 15 is 0 Å². The van der Waals surface area contributed by atoms with Crippen LogP contribution in [-0.4, -0.2) is 13.0 Å². The fourth-order valence-electron chi connectivity index (χ4n) is 0.284. The maximum Gasteiger partial charge on any atom is 1.00 e. The largest absolute Gasteiger partial charge is 1.00 e. The summed E-state index contributed by atoms with van der Waals surface area (Å²) in [4.78, 5) is 0. The normalized spacial score (nSPS) is 11.7. The van der Waals surface area contributed by atoms with Gasteiger partial charge >= 0.3 is 29.6 Å². The van der Waals surface area contributed by atoms with Gasteiger partial charge in [-0.1, -0.05) is 30.9 Å². The van der Waals surface area contributed by atoms with E-state index in [0.717, 1.165) is 6.08 Å². The summed E-state index contributed by atoms with van der Waals surface area (Å²) < 4.78 is 29.7. The van der Waals surface area contributed by atoms with Gasteiger partial charge in [0.1, 0.15) is 10.1 Å². The van der Waals surface area contributed by atoms with Crippen molar-refractivity contribution in [3.63, 3.8) is 0 Å². The SMILES string of the molecule is C=CC=CC=CS(=O)(=O)[O-].[Na+].